The van der Waals surface area contributed by atoms with Gasteiger partial charge in [-0.05, 0) is 23.0 Å². The molecule has 138 valence electrons. The van der Waals surface area contributed by atoms with Crippen molar-refractivity contribution in [1.82, 2.24) is 15.6 Å². The van der Waals surface area contributed by atoms with Crippen LogP contribution in [0.15, 0.2) is 35.5 Å². The first-order chi connectivity index (χ1) is 11.4. The highest BCUT2D eigenvalue weighted by molar-refractivity contribution is 14.0. The lowest BCUT2D eigenvalue weighted by atomic mass is 9.87. The van der Waals surface area contributed by atoms with Gasteiger partial charge in [0, 0.05) is 24.7 Å². The fraction of sp³-hybridized carbons (Fsp3) is 0.474. The van der Waals surface area contributed by atoms with Crippen molar-refractivity contribution in [3.8, 4) is 0 Å². The van der Waals surface area contributed by atoms with Crippen molar-refractivity contribution in [2.75, 3.05) is 7.05 Å². The lowest BCUT2D eigenvalue weighted by Crippen LogP contribution is -2.36. The van der Waals surface area contributed by atoms with E-state index in [0.717, 1.165) is 23.9 Å². The number of hydrogen-bond acceptors (Lipinski definition) is 3. The Morgan fingerprint density at radius 3 is 2.28 bits per heavy atom. The quantitative estimate of drug-likeness (QED) is 0.383. The van der Waals surface area contributed by atoms with Crippen LogP contribution in [0.4, 0.5) is 0 Å². The number of aromatic nitrogens is 1. The lowest BCUT2D eigenvalue weighted by molar-refractivity contribution is 0.590. The molecule has 4 nitrogen and oxygen atoms in total. The van der Waals surface area contributed by atoms with Crippen molar-refractivity contribution >= 4 is 41.3 Å². The Hall–Kier alpha value is -1.15. The Balaban J connectivity index is 0.00000312. The normalized spacial score (nSPS) is 11.8. The summed E-state index contributed by atoms with van der Waals surface area (Å²) >= 11 is 1.75. The van der Waals surface area contributed by atoms with Crippen molar-refractivity contribution in [1.29, 1.82) is 0 Å². The van der Waals surface area contributed by atoms with Crippen LogP contribution in [0.25, 0.3) is 0 Å². The number of nitrogens with zero attached hydrogens (tertiary/aromatic N) is 2. The number of aryl methyl sites for hydroxylation is 1. The summed E-state index contributed by atoms with van der Waals surface area (Å²) in [4.78, 5) is 10.0. The molecule has 0 amide bonds. The van der Waals surface area contributed by atoms with Gasteiger partial charge in [0.05, 0.1) is 6.54 Å². The zero-order chi connectivity index (χ0) is 17.6. The van der Waals surface area contributed by atoms with Gasteiger partial charge in [0.1, 0.15) is 5.01 Å². The van der Waals surface area contributed by atoms with Gasteiger partial charge in [0.2, 0.25) is 0 Å². The van der Waals surface area contributed by atoms with Crippen LogP contribution in [0.3, 0.4) is 0 Å². The Morgan fingerprint density at radius 2 is 1.76 bits per heavy atom. The van der Waals surface area contributed by atoms with E-state index < -0.39 is 0 Å². The predicted molar refractivity (Wildman–Crippen MR) is 119 cm³/mol. The van der Waals surface area contributed by atoms with Gasteiger partial charge in [0.25, 0.3) is 0 Å². The van der Waals surface area contributed by atoms with Crippen LogP contribution in [0.2, 0.25) is 0 Å². The van der Waals surface area contributed by atoms with Gasteiger partial charge in [0.15, 0.2) is 5.96 Å². The first-order valence-corrected chi connectivity index (χ1v) is 9.21. The SMILES string of the molecule is CCc1cnc(CNC(=NC)NCc2ccc(C(C)(C)C)cc2)s1.I. The van der Waals surface area contributed by atoms with Crippen LogP contribution in [0, 0.1) is 0 Å². The molecule has 6 heteroatoms. The Labute approximate surface area is 172 Å². The zero-order valence-electron chi connectivity index (χ0n) is 15.7. The highest BCUT2D eigenvalue weighted by Crippen LogP contribution is 2.22. The number of guanidine groups is 1. The van der Waals surface area contributed by atoms with Gasteiger partial charge in [-0.1, -0.05) is 52.0 Å². The molecular formula is C19H29IN4S. The van der Waals surface area contributed by atoms with E-state index in [2.05, 4.69) is 72.6 Å². The van der Waals surface area contributed by atoms with Gasteiger partial charge < -0.3 is 10.6 Å². The maximum atomic E-state index is 4.42. The van der Waals surface area contributed by atoms with Crippen molar-refractivity contribution in [3.63, 3.8) is 0 Å². The number of aliphatic imine (C=N–C) groups is 1. The third-order valence-electron chi connectivity index (χ3n) is 3.86. The van der Waals surface area contributed by atoms with Crippen molar-refractivity contribution in [2.45, 2.75) is 52.6 Å². The predicted octanol–water partition coefficient (Wildman–Crippen LogP) is 4.49. The first kappa shape index (κ1) is 21.9. The van der Waals surface area contributed by atoms with Crippen LogP contribution < -0.4 is 10.6 Å². The summed E-state index contributed by atoms with van der Waals surface area (Å²) in [5, 5.41) is 7.75. The van der Waals surface area contributed by atoms with E-state index in [9.17, 15) is 0 Å². The van der Waals surface area contributed by atoms with Gasteiger partial charge >= 0.3 is 0 Å². The largest absolute Gasteiger partial charge is 0.352 e. The molecular weight excluding hydrogens is 443 g/mol. The Morgan fingerprint density at radius 1 is 1.12 bits per heavy atom. The van der Waals surface area contributed by atoms with Gasteiger partial charge in [-0.25, -0.2) is 4.98 Å². The first-order valence-electron chi connectivity index (χ1n) is 8.40. The van der Waals surface area contributed by atoms with E-state index in [1.807, 2.05) is 6.20 Å². The second-order valence-corrected chi connectivity index (χ2v) is 8.00. The summed E-state index contributed by atoms with van der Waals surface area (Å²) in [6.45, 7) is 10.3. The van der Waals surface area contributed by atoms with Crippen LogP contribution in [0.5, 0.6) is 0 Å². The third kappa shape index (κ3) is 6.93. The van der Waals surface area contributed by atoms with Crippen LogP contribution in [0.1, 0.15) is 48.7 Å². The van der Waals surface area contributed by atoms with E-state index in [1.54, 1.807) is 18.4 Å². The van der Waals surface area contributed by atoms with Gasteiger partial charge in [-0.15, -0.1) is 35.3 Å². The fourth-order valence-corrected chi connectivity index (χ4v) is 3.08. The molecule has 0 saturated heterocycles. The number of rotatable bonds is 5. The Bertz CT molecular complexity index is 671. The molecule has 0 aliphatic rings. The zero-order valence-corrected chi connectivity index (χ0v) is 18.9. The summed E-state index contributed by atoms with van der Waals surface area (Å²) < 4.78 is 0. The van der Waals surface area contributed by atoms with Crippen molar-refractivity contribution < 1.29 is 0 Å². The monoisotopic (exact) mass is 472 g/mol. The number of nitrogens with one attached hydrogen (secondary N) is 2. The molecule has 0 saturated carbocycles. The van der Waals surface area contributed by atoms with E-state index in [-0.39, 0.29) is 29.4 Å². The van der Waals surface area contributed by atoms with Crippen LogP contribution in [-0.2, 0) is 24.9 Å². The highest BCUT2D eigenvalue weighted by Gasteiger charge is 2.12. The van der Waals surface area contributed by atoms with Gasteiger partial charge in [-0.3, -0.25) is 4.99 Å². The summed E-state index contributed by atoms with van der Waals surface area (Å²) in [6, 6.07) is 8.76. The molecule has 0 aliphatic heterocycles. The second-order valence-electron chi connectivity index (χ2n) is 6.80. The van der Waals surface area contributed by atoms with Crippen molar-refractivity contribution in [3.05, 3.63) is 51.5 Å². The number of thiazole rings is 1. The number of halogens is 1. The standard InChI is InChI=1S/C19H28N4S.HI/c1-6-16-12-21-17(24-16)13-23-18(20-5)22-11-14-7-9-15(10-8-14)19(2,3)4;/h7-10,12H,6,11,13H2,1-5H3,(H2,20,22,23);1H. The average Bonchev–Trinajstić information content (AvgIpc) is 3.02. The summed E-state index contributed by atoms with van der Waals surface area (Å²) in [5.74, 6) is 0.795. The molecule has 1 aromatic heterocycles. The topological polar surface area (TPSA) is 49.3 Å². The molecule has 2 N–H and O–H groups in total. The summed E-state index contributed by atoms with van der Waals surface area (Å²) in [6.07, 6.45) is 2.99. The number of hydrogen-bond donors (Lipinski definition) is 2. The minimum atomic E-state index is 0. The minimum Gasteiger partial charge on any atom is -0.352 e. The fourth-order valence-electron chi connectivity index (χ4n) is 2.28. The maximum Gasteiger partial charge on any atom is 0.191 e. The molecule has 0 spiro atoms. The maximum absolute atomic E-state index is 4.42. The lowest BCUT2D eigenvalue weighted by Gasteiger charge is -2.19. The molecule has 2 rings (SSSR count). The molecule has 0 fully saturated rings. The molecule has 25 heavy (non-hydrogen) atoms. The second kappa shape index (κ2) is 10.1. The smallest absolute Gasteiger partial charge is 0.191 e. The average molecular weight is 472 g/mol. The van der Waals surface area contributed by atoms with Crippen molar-refractivity contribution in [2.24, 2.45) is 4.99 Å². The molecule has 0 aliphatic carbocycles. The van der Waals surface area contributed by atoms with Crippen LogP contribution in [-0.4, -0.2) is 18.0 Å². The van der Waals surface area contributed by atoms with Gasteiger partial charge in [-0.2, -0.15) is 0 Å². The summed E-state index contributed by atoms with van der Waals surface area (Å²) in [5.41, 5.74) is 2.78. The molecule has 0 bridgehead atoms. The molecule has 0 radical (unpaired) electrons. The van der Waals surface area contributed by atoms with E-state index in [1.165, 1.54) is 16.0 Å². The molecule has 1 heterocycles. The van der Waals surface area contributed by atoms with E-state index in [0.29, 0.717) is 6.54 Å². The molecule has 0 unspecified atom stereocenters. The third-order valence-corrected chi connectivity index (χ3v) is 5.00. The minimum absolute atomic E-state index is 0. The van der Waals surface area contributed by atoms with E-state index >= 15 is 0 Å². The van der Waals surface area contributed by atoms with E-state index in [4.69, 9.17) is 0 Å². The molecule has 1 aromatic carbocycles. The Kier molecular flexibility index (Phi) is 8.85. The summed E-state index contributed by atoms with van der Waals surface area (Å²) in [7, 11) is 1.79. The highest BCUT2D eigenvalue weighted by atomic mass is 127. The molecule has 2 aromatic rings. The number of benzene rings is 1. The molecule has 0 atom stereocenters. The van der Waals surface area contributed by atoms with Crippen LogP contribution >= 0.6 is 35.3 Å².